The second-order valence-electron chi connectivity index (χ2n) is 5.15. The molecule has 0 aliphatic rings. The Hall–Kier alpha value is -0.580. The minimum absolute atomic E-state index is 0.330. The summed E-state index contributed by atoms with van der Waals surface area (Å²) in [5, 5.41) is 13.3. The van der Waals surface area contributed by atoms with E-state index < -0.39 is 0 Å². The highest BCUT2D eigenvalue weighted by Crippen LogP contribution is 2.27. The monoisotopic (exact) mass is 314 g/mol. The summed E-state index contributed by atoms with van der Waals surface area (Å²) in [4.78, 5) is 2.23. The molecule has 0 aromatic heterocycles. The first-order valence-corrected chi connectivity index (χ1v) is 7.06. The number of hydrogen-bond donors (Lipinski definition) is 2. The van der Waals surface area contributed by atoms with Crippen LogP contribution in [0.3, 0.4) is 0 Å². The topological polar surface area (TPSA) is 35.5 Å². The van der Waals surface area contributed by atoms with Gasteiger partial charge in [-0.1, -0.05) is 26.0 Å². The molecule has 1 aromatic carbocycles. The van der Waals surface area contributed by atoms with Crippen molar-refractivity contribution in [2.45, 2.75) is 26.4 Å². The second kappa shape index (κ2) is 7.12. The molecule has 1 unspecified atom stereocenters. The molecular weight excluding hydrogens is 292 g/mol. The van der Waals surface area contributed by atoms with Crippen LogP contribution in [0.4, 0.5) is 0 Å². The molecule has 0 fully saturated rings. The number of likely N-dealkylation sites (N-methyl/N-ethyl adjacent to an activating group) is 1. The Morgan fingerprint density at radius 1 is 1.33 bits per heavy atom. The van der Waals surface area contributed by atoms with Gasteiger partial charge in [-0.05, 0) is 42.0 Å². The summed E-state index contributed by atoms with van der Waals surface area (Å²) < 4.78 is 0.745. The summed E-state index contributed by atoms with van der Waals surface area (Å²) in [7, 11) is 4.20. The van der Waals surface area contributed by atoms with Crippen molar-refractivity contribution in [3.05, 3.63) is 28.2 Å². The average Bonchev–Trinajstić information content (AvgIpc) is 2.28. The van der Waals surface area contributed by atoms with Crippen LogP contribution in [0.1, 0.15) is 19.4 Å². The smallest absolute Gasteiger partial charge is 0.134 e. The highest BCUT2D eigenvalue weighted by molar-refractivity contribution is 9.10. The number of nitrogens with one attached hydrogen (secondary N) is 1. The lowest BCUT2D eigenvalue weighted by Gasteiger charge is -2.28. The molecular formula is C14H23BrN2O. The first kappa shape index (κ1) is 15.5. The number of halogens is 1. The number of benzene rings is 1. The van der Waals surface area contributed by atoms with E-state index in [1.807, 2.05) is 18.2 Å². The molecule has 1 atom stereocenters. The van der Waals surface area contributed by atoms with E-state index in [9.17, 15) is 5.11 Å². The van der Waals surface area contributed by atoms with E-state index in [2.05, 4.69) is 54.1 Å². The molecule has 1 rings (SSSR count). The Balaban J connectivity index is 2.53. The van der Waals surface area contributed by atoms with Gasteiger partial charge in [0.15, 0.2) is 0 Å². The molecule has 0 saturated heterocycles. The fraction of sp³-hybridized carbons (Fsp3) is 0.571. The van der Waals surface area contributed by atoms with Crippen LogP contribution in [-0.2, 0) is 6.54 Å². The van der Waals surface area contributed by atoms with Gasteiger partial charge >= 0.3 is 0 Å². The molecule has 0 amide bonds. The van der Waals surface area contributed by atoms with E-state index in [4.69, 9.17) is 0 Å². The molecule has 0 radical (unpaired) electrons. The number of aromatic hydroxyl groups is 1. The largest absolute Gasteiger partial charge is 0.506 e. The van der Waals surface area contributed by atoms with Crippen LogP contribution in [0.15, 0.2) is 22.7 Å². The molecule has 0 heterocycles. The van der Waals surface area contributed by atoms with Crippen molar-refractivity contribution in [3.63, 3.8) is 0 Å². The van der Waals surface area contributed by atoms with Crippen LogP contribution in [0.25, 0.3) is 0 Å². The van der Waals surface area contributed by atoms with E-state index in [0.29, 0.717) is 24.3 Å². The lowest BCUT2D eigenvalue weighted by molar-refractivity contribution is 0.224. The van der Waals surface area contributed by atoms with Gasteiger partial charge < -0.3 is 15.3 Å². The van der Waals surface area contributed by atoms with Crippen LogP contribution in [-0.4, -0.2) is 36.7 Å². The van der Waals surface area contributed by atoms with Gasteiger partial charge in [-0.25, -0.2) is 0 Å². The minimum Gasteiger partial charge on any atom is -0.506 e. The maximum Gasteiger partial charge on any atom is 0.134 e. The molecule has 1 aromatic rings. The van der Waals surface area contributed by atoms with Crippen molar-refractivity contribution >= 4 is 15.9 Å². The standard InChI is InChI=1S/C14H23BrN2O/c1-10(2)13(17(3)4)9-16-8-11-6-5-7-12(15)14(11)18/h5-7,10,13,16,18H,8-9H2,1-4H3. The summed E-state index contributed by atoms with van der Waals surface area (Å²) >= 11 is 3.33. The molecule has 2 N–H and O–H groups in total. The summed E-state index contributed by atoms with van der Waals surface area (Å²) in [6.07, 6.45) is 0. The molecule has 0 aliphatic heterocycles. The predicted molar refractivity (Wildman–Crippen MR) is 79.8 cm³/mol. The SMILES string of the molecule is CC(C)C(CNCc1cccc(Br)c1O)N(C)C. The second-order valence-corrected chi connectivity index (χ2v) is 6.01. The first-order chi connectivity index (χ1) is 8.43. The van der Waals surface area contributed by atoms with Crippen LogP contribution in [0.5, 0.6) is 5.75 Å². The Bertz CT molecular complexity index is 372. The van der Waals surface area contributed by atoms with E-state index in [1.54, 1.807) is 0 Å². The third-order valence-corrected chi connectivity index (χ3v) is 3.81. The van der Waals surface area contributed by atoms with E-state index in [0.717, 1.165) is 16.6 Å². The summed E-state index contributed by atoms with van der Waals surface area (Å²) in [5.41, 5.74) is 0.922. The van der Waals surface area contributed by atoms with E-state index >= 15 is 0 Å². The summed E-state index contributed by atoms with van der Waals surface area (Å²) in [6.45, 7) is 6.05. The maximum atomic E-state index is 9.88. The predicted octanol–water partition coefficient (Wildman–Crippen LogP) is 2.83. The van der Waals surface area contributed by atoms with E-state index in [1.165, 1.54) is 0 Å². The minimum atomic E-state index is 0.330. The van der Waals surface area contributed by atoms with Gasteiger partial charge in [-0.2, -0.15) is 0 Å². The molecule has 18 heavy (non-hydrogen) atoms. The van der Waals surface area contributed by atoms with Crippen molar-refractivity contribution in [2.24, 2.45) is 5.92 Å². The van der Waals surface area contributed by atoms with Gasteiger partial charge in [0.1, 0.15) is 5.75 Å². The average molecular weight is 315 g/mol. The van der Waals surface area contributed by atoms with Gasteiger partial charge in [0, 0.05) is 24.7 Å². The zero-order valence-electron chi connectivity index (χ0n) is 11.6. The highest BCUT2D eigenvalue weighted by atomic mass is 79.9. The van der Waals surface area contributed by atoms with Crippen LogP contribution < -0.4 is 5.32 Å². The molecule has 102 valence electrons. The maximum absolute atomic E-state index is 9.88. The number of phenols is 1. The third-order valence-electron chi connectivity index (χ3n) is 3.17. The zero-order chi connectivity index (χ0) is 13.7. The molecule has 0 bridgehead atoms. The van der Waals surface area contributed by atoms with Gasteiger partial charge in [0.2, 0.25) is 0 Å². The summed E-state index contributed by atoms with van der Waals surface area (Å²) in [5.74, 6) is 0.930. The Morgan fingerprint density at radius 3 is 2.56 bits per heavy atom. The molecule has 4 heteroatoms. The van der Waals surface area contributed by atoms with Crippen LogP contribution in [0.2, 0.25) is 0 Å². The van der Waals surface area contributed by atoms with Gasteiger partial charge in [0.25, 0.3) is 0 Å². The lowest BCUT2D eigenvalue weighted by atomic mass is 10.0. The van der Waals surface area contributed by atoms with Crippen molar-refractivity contribution in [1.82, 2.24) is 10.2 Å². The quantitative estimate of drug-likeness (QED) is 0.847. The normalized spacial score (nSPS) is 13.3. The number of para-hydroxylation sites is 1. The van der Waals surface area contributed by atoms with Crippen molar-refractivity contribution in [3.8, 4) is 5.75 Å². The Kier molecular flexibility index (Phi) is 6.12. The third kappa shape index (κ3) is 4.26. The first-order valence-electron chi connectivity index (χ1n) is 6.27. The van der Waals surface area contributed by atoms with Gasteiger partial charge in [-0.15, -0.1) is 0 Å². The molecule has 3 nitrogen and oxygen atoms in total. The molecule has 0 aliphatic carbocycles. The fourth-order valence-corrected chi connectivity index (χ4v) is 2.48. The van der Waals surface area contributed by atoms with Crippen LogP contribution in [0, 0.1) is 5.92 Å². The number of rotatable bonds is 6. The Labute approximate surface area is 118 Å². The summed E-state index contributed by atoms with van der Waals surface area (Å²) in [6, 6.07) is 6.22. The van der Waals surface area contributed by atoms with E-state index in [-0.39, 0.29) is 0 Å². The zero-order valence-corrected chi connectivity index (χ0v) is 13.2. The number of hydrogen-bond acceptors (Lipinski definition) is 3. The highest BCUT2D eigenvalue weighted by Gasteiger charge is 2.15. The fourth-order valence-electron chi connectivity index (χ4n) is 2.07. The molecule has 0 spiro atoms. The van der Waals surface area contributed by atoms with Gasteiger partial charge in [-0.3, -0.25) is 0 Å². The molecule has 0 saturated carbocycles. The van der Waals surface area contributed by atoms with Crippen molar-refractivity contribution in [1.29, 1.82) is 0 Å². The number of nitrogens with zero attached hydrogens (tertiary/aromatic N) is 1. The number of phenolic OH excluding ortho intramolecular Hbond substituents is 1. The van der Waals surface area contributed by atoms with Crippen molar-refractivity contribution < 1.29 is 5.11 Å². The lowest BCUT2D eigenvalue weighted by Crippen LogP contribution is -2.41. The van der Waals surface area contributed by atoms with Crippen molar-refractivity contribution in [2.75, 3.05) is 20.6 Å². The van der Waals surface area contributed by atoms with Gasteiger partial charge in [0.05, 0.1) is 4.47 Å². The Morgan fingerprint density at radius 2 is 2.00 bits per heavy atom. The van der Waals surface area contributed by atoms with Crippen LogP contribution >= 0.6 is 15.9 Å².